The van der Waals surface area contributed by atoms with Crippen molar-refractivity contribution in [2.75, 3.05) is 5.32 Å². The minimum atomic E-state index is -0.661. The maximum atomic E-state index is 11.8. The zero-order chi connectivity index (χ0) is 10.9. The average molecular weight is 278 g/mol. The first-order valence-electron chi connectivity index (χ1n) is 5.13. The highest BCUT2D eigenvalue weighted by Gasteiger charge is 2.40. The first-order valence-corrected chi connectivity index (χ1v) is 5.13. The Labute approximate surface area is 113 Å². The van der Waals surface area contributed by atoms with Gasteiger partial charge >= 0.3 is 0 Å². The van der Waals surface area contributed by atoms with Crippen LogP contribution in [0, 0.1) is 6.92 Å². The van der Waals surface area contributed by atoms with Gasteiger partial charge in [0.2, 0.25) is 5.91 Å². The van der Waals surface area contributed by atoms with E-state index in [1.807, 2.05) is 19.1 Å². The summed E-state index contributed by atoms with van der Waals surface area (Å²) in [5, 5.41) is 2.75. The smallest absolute Gasteiger partial charge is 0.245 e. The van der Waals surface area contributed by atoms with E-state index < -0.39 is 5.54 Å². The highest BCUT2D eigenvalue weighted by molar-refractivity contribution is 5.97. The number of hydrogen-bond acceptors (Lipinski definition) is 3. The van der Waals surface area contributed by atoms with E-state index in [2.05, 4.69) is 10.3 Å². The van der Waals surface area contributed by atoms with Crippen molar-refractivity contribution in [1.29, 1.82) is 0 Å². The number of aryl methyl sites for hydroxylation is 1. The number of carbonyl (C=O) groups is 1. The van der Waals surface area contributed by atoms with Crippen molar-refractivity contribution >= 4 is 36.5 Å². The van der Waals surface area contributed by atoms with Crippen LogP contribution in [0.5, 0.6) is 0 Å². The van der Waals surface area contributed by atoms with Crippen molar-refractivity contribution in [3.8, 4) is 0 Å². The van der Waals surface area contributed by atoms with Crippen LogP contribution in [0.3, 0.4) is 0 Å². The molecular weight excluding hydrogens is 261 g/mol. The van der Waals surface area contributed by atoms with Crippen LogP contribution < -0.4 is 11.1 Å². The standard InChI is InChI=1S/C11H15N3O.2ClH/c1-8-3-6-13-9(7-8)14-10(15)11(12)4-2-5-11;;/h3,6-7H,2,4-5,12H2,1H3,(H,13,14,15);2*1H. The monoisotopic (exact) mass is 277 g/mol. The molecule has 2 rings (SSSR count). The lowest BCUT2D eigenvalue weighted by Crippen LogP contribution is -2.56. The molecule has 0 aliphatic heterocycles. The van der Waals surface area contributed by atoms with Gasteiger partial charge in [-0.1, -0.05) is 0 Å². The van der Waals surface area contributed by atoms with E-state index in [9.17, 15) is 4.79 Å². The summed E-state index contributed by atoms with van der Waals surface area (Å²) in [4.78, 5) is 15.8. The molecule has 0 atom stereocenters. The Morgan fingerprint density at radius 2 is 2.12 bits per heavy atom. The molecule has 0 saturated heterocycles. The number of hydrogen-bond donors (Lipinski definition) is 2. The van der Waals surface area contributed by atoms with E-state index in [0.717, 1.165) is 24.8 Å². The fourth-order valence-electron chi connectivity index (χ4n) is 1.63. The molecule has 1 aromatic heterocycles. The van der Waals surface area contributed by atoms with Gasteiger partial charge in [0.1, 0.15) is 5.82 Å². The normalized spacial score (nSPS) is 15.9. The number of pyridine rings is 1. The predicted molar refractivity (Wildman–Crippen MR) is 72.9 cm³/mol. The van der Waals surface area contributed by atoms with Gasteiger partial charge in [-0.05, 0) is 43.9 Å². The summed E-state index contributed by atoms with van der Waals surface area (Å²) in [5.74, 6) is 0.462. The summed E-state index contributed by atoms with van der Waals surface area (Å²) in [7, 11) is 0. The molecule has 17 heavy (non-hydrogen) atoms. The molecule has 0 spiro atoms. The van der Waals surface area contributed by atoms with E-state index >= 15 is 0 Å². The third-order valence-corrected chi connectivity index (χ3v) is 2.86. The van der Waals surface area contributed by atoms with Crippen molar-refractivity contribution in [3.63, 3.8) is 0 Å². The number of nitrogens with two attached hydrogens (primary N) is 1. The second-order valence-electron chi connectivity index (χ2n) is 4.18. The lowest BCUT2D eigenvalue weighted by atomic mass is 9.77. The molecule has 0 radical (unpaired) electrons. The average Bonchev–Trinajstić information content (AvgIpc) is 2.14. The van der Waals surface area contributed by atoms with Crippen molar-refractivity contribution in [2.45, 2.75) is 31.7 Å². The van der Waals surface area contributed by atoms with Crippen molar-refractivity contribution in [3.05, 3.63) is 23.9 Å². The van der Waals surface area contributed by atoms with Gasteiger partial charge in [0.25, 0.3) is 0 Å². The van der Waals surface area contributed by atoms with Crippen LogP contribution in [0.4, 0.5) is 5.82 Å². The Bertz CT molecular complexity index is 394. The molecule has 0 unspecified atom stereocenters. The maximum absolute atomic E-state index is 11.8. The fourth-order valence-corrected chi connectivity index (χ4v) is 1.63. The van der Waals surface area contributed by atoms with Crippen LogP contribution in [-0.4, -0.2) is 16.4 Å². The third-order valence-electron chi connectivity index (χ3n) is 2.86. The molecule has 3 N–H and O–H groups in total. The maximum Gasteiger partial charge on any atom is 0.245 e. The molecule has 1 aliphatic rings. The number of anilines is 1. The van der Waals surface area contributed by atoms with Crippen LogP contribution >= 0.6 is 24.8 Å². The van der Waals surface area contributed by atoms with Crippen molar-refractivity contribution in [2.24, 2.45) is 5.73 Å². The van der Waals surface area contributed by atoms with Gasteiger partial charge in [0.15, 0.2) is 0 Å². The number of halogens is 2. The van der Waals surface area contributed by atoms with Gasteiger partial charge in [-0.25, -0.2) is 4.98 Å². The molecule has 0 bridgehead atoms. The predicted octanol–water partition coefficient (Wildman–Crippen LogP) is 2.05. The van der Waals surface area contributed by atoms with E-state index in [0.29, 0.717) is 5.82 Å². The van der Waals surface area contributed by atoms with Gasteiger partial charge in [0.05, 0.1) is 5.54 Å². The van der Waals surface area contributed by atoms with Crippen LogP contribution in [0.15, 0.2) is 18.3 Å². The van der Waals surface area contributed by atoms with Gasteiger partial charge in [-0.2, -0.15) is 0 Å². The molecule has 4 nitrogen and oxygen atoms in total. The largest absolute Gasteiger partial charge is 0.317 e. The minimum Gasteiger partial charge on any atom is -0.317 e. The second-order valence-corrected chi connectivity index (χ2v) is 4.18. The van der Waals surface area contributed by atoms with Crippen molar-refractivity contribution in [1.82, 2.24) is 4.98 Å². The lowest BCUT2D eigenvalue weighted by Gasteiger charge is -2.35. The number of aromatic nitrogens is 1. The Balaban J connectivity index is 0.00000128. The zero-order valence-electron chi connectivity index (χ0n) is 9.60. The third kappa shape index (κ3) is 3.56. The minimum absolute atomic E-state index is 0. The summed E-state index contributed by atoms with van der Waals surface area (Å²) < 4.78 is 0. The van der Waals surface area contributed by atoms with Crippen molar-refractivity contribution < 1.29 is 4.79 Å². The van der Waals surface area contributed by atoms with Crippen LogP contribution in [0.1, 0.15) is 24.8 Å². The Hall–Kier alpha value is -0.840. The summed E-state index contributed by atoms with van der Waals surface area (Å²) >= 11 is 0. The molecule has 1 fully saturated rings. The Kier molecular flexibility index (Phi) is 5.88. The molecular formula is C11H17Cl2N3O. The molecule has 1 saturated carbocycles. The number of carbonyl (C=O) groups excluding carboxylic acids is 1. The van der Waals surface area contributed by atoms with Crippen LogP contribution in [0.2, 0.25) is 0 Å². The van der Waals surface area contributed by atoms with E-state index in [-0.39, 0.29) is 30.7 Å². The number of rotatable bonds is 2. The number of amides is 1. The van der Waals surface area contributed by atoms with E-state index in [1.165, 1.54) is 0 Å². The SMILES string of the molecule is Cc1ccnc(NC(=O)C2(N)CCC2)c1.Cl.Cl. The van der Waals surface area contributed by atoms with Gasteiger partial charge in [0, 0.05) is 6.20 Å². The summed E-state index contributed by atoms with van der Waals surface area (Å²) in [6.45, 7) is 1.96. The molecule has 0 aromatic carbocycles. The number of nitrogens with zero attached hydrogens (tertiary/aromatic N) is 1. The van der Waals surface area contributed by atoms with Gasteiger partial charge in [-0.15, -0.1) is 24.8 Å². The molecule has 1 aromatic rings. The second kappa shape index (κ2) is 6.19. The molecule has 1 heterocycles. The van der Waals surface area contributed by atoms with Crippen LogP contribution in [0.25, 0.3) is 0 Å². The quantitative estimate of drug-likeness (QED) is 0.870. The summed E-state index contributed by atoms with van der Waals surface area (Å²) in [6, 6.07) is 3.72. The first-order chi connectivity index (χ1) is 7.10. The lowest BCUT2D eigenvalue weighted by molar-refractivity contribution is -0.123. The number of nitrogens with one attached hydrogen (secondary N) is 1. The highest BCUT2D eigenvalue weighted by atomic mass is 35.5. The summed E-state index contributed by atoms with van der Waals surface area (Å²) in [5.41, 5.74) is 6.30. The van der Waals surface area contributed by atoms with Crippen LogP contribution in [-0.2, 0) is 4.79 Å². The fraction of sp³-hybridized carbons (Fsp3) is 0.455. The Morgan fingerprint density at radius 3 is 2.59 bits per heavy atom. The van der Waals surface area contributed by atoms with E-state index in [4.69, 9.17) is 5.73 Å². The first kappa shape index (κ1) is 16.2. The van der Waals surface area contributed by atoms with E-state index in [1.54, 1.807) is 6.20 Å². The Morgan fingerprint density at radius 1 is 1.47 bits per heavy atom. The molecule has 1 amide bonds. The highest BCUT2D eigenvalue weighted by Crippen LogP contribution is 2.30. The summed E-state index contributed by atoms with van der Waals surface area (Å²) in [6.07, 6.45) is 4.25. The zero-order valence-corrected chi connectivity index (χ0v) is 11.2. The molecule has 1 aliphatic carbocycles. The molecule has 96 valence electrons. The topological polar surface area (TPSA) is 68.0 Å². The molecule has 6 heteroatoms. The van der Waals surface area contributed by atoms with Gasteiger partial charge in [-0.3, -0.25) is 4.79 Å². The van der Waals surface area contributed by atoms with Gasteiger partial charge < -0.3 is 11.1 Å².